The lowest BCUT2D eigenvalue weighted by Crippen LogP contribution is -2.52. The minimum atomic E-state index is -0.786. The Bertz CT molecular complexity index is 219. The second-order valence-corrected chi connectivity index (χ2v) is 6.64. The third kappa shape index (κ3) is 6.38. The second kappa shape index (κ2) is 7.17. The predicted molar refractivity (Wildman–Crippen MR) is 71.1 cm³/mol. The van der Waals surface area contributed by atoms with Crippen molar-refractivity contribution in [3.63, 3.8) is 0 Å². The van der Waals surface area contributed by atoms with Crippen molar-refractivity contribution in [3.05, 3.63) is 0 Å². The third-order valence-corrected chi connectivity index (χ3v) is 3.54. The van der Waals surface area contributed by atoms with Crippen LogP contribution in [0, 0.1) is 0 Å². The molecule has 0 bridgehead atoms. The van der Waals surface area contributed by atoms with Gasteiger partial charge in [-0.1, -0.05) is 13.8 Å². The first-order chi connectivity index (χ1) is 7.28. The van der Waals surface area contributed by atoms with Crippen LogP contribution in [0.5, 0.6) is 0 Å². The van der Waals surface area contributed by atoms with E-state index in [0.717, 1.165) is 12.2 Å². The van der Waals surface area contributed by atoms with Crippen molar-refractivity contribution < 1.29 is 9.90 Å². The Balaban J connectivity index is 4.08. The van der Waals surface area contributed by atoms with Crippen LogP contribution in [-0.2, 0) is 4.79 Å². The van der Waals surface area contributed by atoms with E-state index in [1.165, 1.54) is 0 Å². The molecule has 1 unspecified atom stereocenters. The van der Waals surface area contributed by atoms with Crippen molar-refractivity contribution in [2.24, 2.45) is 0 Å². The van der Waals surface area contributed by atoms with Crippen LogP contribution in [0.25, 0.3) is 0 Å². The molecule has 16 heavy (non-hydrogen) atoms. The number of hydrogen-bond donors (Lipinski definition) is 2. The zero-order valence-corrected chi connectivity index (χ0v) is 11.9. The molecule has 0 aromatic carbocycles. The van der Waals surface area contributed by atoms with E-state index >= 15 is 0 Å². The molecule has 0 fully saturated rings. The highest BCUT2D eigenvalue weighted by Gasteiger charge is 2.32. The average molecular weight is 247 g/mol. The maximum Gasteiger partial charge on any atom is 0.323 e. The molecule has 0 spiro atoms. The summed E-state index contributed by atoms with van der Waals surface area (Å²) in [6, 6.07) is 0.193. The van der Waals surface area contributed by atoms with E-state index < -0.39 is 11.5 Å². The van der Waals surface area contributed by atoms with E-state index in [1.807, 2.05) is 25.6 Å². The Kier molecular flexibility index (Phi) is 7.07. The Labute approximate surface area is 103 Å². The molecule has 3 nitrogen and oxygen atoms in total. The van der Waals surface area contributed by atoms with Gasteiger partial charge in [0.1, 0.15) is 5.54 Å². The van der Waals surface area contributed by atoms with Gasteiger partial charge in [-0.15, -0.1) is 0 Å². The minimum absolute atomic E-state index is 0.193. The number of nitrogens with one attached hydrogen (secondary N) is 1. The van der Waals surface area contributed by atoms with E-state index in [2.05, 4.69) is 19.2 Å². The molecule has 0 aliphatic rings. The van der Waals surface area contributed by atoms with Crippen molar-refractivity contribution in [1.82, 2.24) is 5.32 Å². The molecule has 0 saturated heterocycles. The zero-order chi connectivity index (χ0) is 12.8. The summed E-state index contributed by atoms with van der Waals surface area (Å²) in [5, 5.41) is 13.0. The molecular weight excluding hydrogens is 222 g/mol. The molecule has 0 aliphatic carbocycles. The molecule has 0 heterocycles. The SMILES string of the molecule is CC(C)NC(C)(CCCSC(C)C)C(=O)O. The number of carboxylic acid groups (broad SMARTS) is 1. The number of carbonyl (C=O) groups is 1. The molecule has 0 aromatic heterocycles. The van der Waals surface area contributed by atoms with E-state index in [-0.39, 0.29) is 6.04 Å². The second-order valence-electron chi connectivity index (χ2n) is 4.96. The Morgan fingerprint density at radius 2 is 1.94 bits per heavy atom. The van der Waals surface area contributed by atoms with Gasteiger partial charge in [0.25, 0.3) is 0 Å². The van der Waals surface area contributed by atoms with Crippen molar-refractivity contribution in [2.45, 2.75) is 64.3 Å². The fourth-order valence-electron chi connectivity index (χ4n) is 1.62. The molecule has 1 atom stereocenters. The molecule has 0 saturated carbocycles. The van der Waals surface area contributed by atoms with Gasteiger partial charge in [-0.2, -0.15) is 11.8 Å². The highest BCUT2D eigenvalue weighted by molar-refractivity contribution is 7.99. The summed E-state index contributed by atoms with van der Waals surface area (Å²) in [5.74, 6) is 0.274. The Hall–Kier alpha value is -0.220. The van der Waals surface area contributed by atoms with Crippen LogP contribution < -0.4 is 5.32 Å². The first-order valence-electron chi connectivity index (χ1n) is 5.90. The summed E-state index contributed by atoms with van der Waals surface area (Å²) in [6.45, 7) is 10.0. The van der Waals surface area contributed by atoms with Gasteiger partial charge in [-0.25, -0.2) is 0 Å². The molecule has 96 valence electrons. The van der Waals surface area contributed by atoms with Crippen LogP contribution in [0.1, 0.15) is 47.5 Å². The number of aliphatic carboxylic acids is 1. The average Bonchev–Trinajstić information content (AvgIpc) is 2.10. The molecular formula is C12H25NO2S. The van der Waals surface area contributed by atoms with E-state index in [9.17, 15) is 9.90 Å². The lowest BCUT2D eigenvalue weighted by Gasteiger charge is -2.28. The lowest BCUT2D eigenvalue weighted by molar-refractivity contribution is -0.144. The Morgan fingerprint density at radius 1 is 1.38 bits per heavy atom. The van der Waals surface area contributed by atoms with Crippen molar-refractivity contribution >= 4 is 17.7 Å². The maximum absolute atomic E-state index is 11.2. The first-order valence-corrected chi connectivity index (χ1v) is 6.95. The van der Waals surface area contributed by atoms with Gasteiger partial charge < -0.3 is 5.11 Å². The summed E-state index contributed by atoms with van der Waals surface area (Å²) in [7, 11) is 0. The molecule has 0 amide bonds. The van der Waals surface area contributed by atoms with Gasteiger partial charge in [-0.3, -0.25) is 10.1 Å². The summed E-state index contributed by atoms with van der Waals surface area (Å²) in [6.07, 6.45) is 1.62. The van der Waals surface area contributed by atoms with Crippen molar-refractivity contribution in [2.75, 3.05) is 5.75 Å². The van der Waals surface area contributed by atoms with E-state index in [4.69, 9.17) is 0 Å². The summed E-state index contributed by atoms with van der Waals surface area (Å²) in [5.41, 5.74) is -0.786. The summed E-state index contributed by atoms with van der Waals surface area (Å²) in [4.78, 5) is 11.2. The molecule has 0 radical (unpaired) electrons. The van der Waals surface area contributed by atoms with Crippen LogP contribution in [0.15, 0.2) is 0 Å². The van der Waals surface area contributed by atoms with Crippen molar-refractivity contribution in [1.29, 1.82) is 0 Å². The topological polar surface area (TPSA) is 49.3 Å². The largest absolute Gasteiger partial charge is 0.480 e. The van der Waals surface area contributed by atoms with Gasteiger partial charge in [0.05, 0.1) is 0 Å². The molecule has 4 heteroatoms. The number of carboxylic acids is 1. The monoisotopic (exact) mass is 247 g/mol. The van der Waals surface area contributed by atoms with Crippen LogP contribution in [0.3, 0.4) is 0 Å². The highest BCUT2D eigenvalue weighted by atomic mass is 32.2. The minimum Gasteiger partial charge on any atom is -0.480 e. The van der Waals surface area contributed by atoms with Crippen LogP contribution in [0.2, 0.25) is 0 Å². The smallest absolute Gasteiger partial charge is 0.323 e. The predicted octanol–water partition coefficient (Wildman–Crippen LogP) is 2.75. The number of rotatable bonds is 8. The molecule has 0 rings (SSSR count). The fraction of sp³-hybridized carbons (Fsp3) is 0.917. The van der Waals surface area contributed by atoms with Gasteiger partial charge in [0.2, 0.25) is 0 Å². The van der Waals surface area contributed by atoms with Gasteiger partial charge >= 0.3 is 5.97 Å². The Morgan fingerprint density at radius 3 is 2.31 bits per heavy atom. The van der Waals surface area contributed by atoms with E-state index in [1.54, 1.807) is 6.92 Å². The fourth-order valence-corrected chi connectivity index (χ4v) is 2.41. The third-order valence-electron chi connectivity index (χ3n) is 2.35. The molecule has 2 N–H and O–H groups in total. The maximum atomic E-state index is 11.2. The lowest BCUT2D eigenvalue weighted by atomic mass is 9.95. The van der Waals surface area contributed by atoms with Crippen LogP contribution >= 0.6 is 11.8 Å². The zero-order valence-electron chi connectivity index (χ0n) is 11.0. The van der Waals surface area contributed by atoms with E-state index in [0.29, 0.717) is 11.7 Å². The summed E-state index contributed by atoms with van der Waals surface area (Å²) < 4.78 is 0. The first kappa shape index (κ1) is 15.8. The van der Waals surface area contributed by atoms with Gasteiger partial charge in [-0.05, 0) is 44.6 Å². The van der Waals surface area contributed by atoms with Crippen LogP contribution in [0.4, 0.5) is 0 Å². The molecule has 0 aliphatic heterocycles. The number of hydrogen-bond acceptors (Lipinski definition) is 3. The quantitative estimate of drug-likeness (QED) is 0.648. The number of thioether (sulfide) groups is 1. The molecule has 0 aromatic rings. The van der Waals surface area contributed by atoms with Crippen LogP contribution in [-0.4, -0.2) is 33.7 Å². The summed E-state index contributed by atoms with van der Waals surface area (Å²) >= 11 is 1.88. The normalized spacial score (nSPS) is 15.4. The highest BCUT2D eigenvalue weighted by Crippen LogP contribution is 2.18. The van der Waals surface area contributed by atoms with Gasteiger partial charge in [0.15, 0.2) is 0 Å². The standard InChI is InChI=1S/C12H25NO2S/c1-9(2)13-12(5,11(14)15)7-6-8-16-10(3)4/h9-10,13H,6-8H2,1-5H3,(H,14,15). The van der Waals surface area contributed by atoms with Crippen molar-refractivity contribution in [3.8, 4) is 0 Å². The van der Waals surface area contributed by atoms with Gasteiger partial charge in [0, 0.05) is 6.04 Å².